The second kappa shape index (κ2) is 8.75. The number of nitrogens with zero attached hydrogens (tertiary/aromatic N) is 3. The fourth-order valence-electron chi connectivity index (χ4n) is 3.19. The van der Waals surface area contributed by atoms with Crippen LogP contribution in [0.15, 0.2) is 47.5 Å². The van der Waals surface area contributed by atoms with Crippen molar-refractivity contribution in [1.29, 1.82) is 0 Å². The Labute approximate surface area is 188 Å². The van der Waals surface area contributed by atoms with Crippen LogP contribution >= 0.6 is 35.0 Å². The molecule has 2 amide bonds. The summed E-state index contributed by atoms with van der Waals surface area (Å²) in [5.74, 6) is 0.133. The van der Waals surface area contributed by atoms with Crippen LogP contribution in [-0.4, -0.2) is 47.6 Å². The summed E-state index contributed by atoms with van der Waals surface area (Å²) in [6.45, 7) is 0.829. The predicted molar refractivity (Wildman–Crippen MR) is 121 cm³/mol. The van der Waals surface area contributed by atoms with Crippen LogP contribution in [0.3, 0.4) is 0 Å². The zero-order chi connectivity index (χ0) is 21.3. The molecule has 10 heteroatoms. The number of ether oxygens (including phenoxy) is 1. The first kappa shape index (κ1) is 20.8. The molecular weight excluding hydrogens is 447 g/mol. The highest BCUT2D eigenvalue weighted by Gasteiger charge is 2.41. The molecule has 0 unspecified atom stereocenters. The fourth-order valence-corrected chi connectivity index (χ4v) is 4.70. The Balaban J connectivity index is 1.38. The summed E-state index contributed by atoms with van der Waals surface area (Å²) in [5, 5.41) is 3.96. The number of fused-ring (bicyclic) bond motifs is 1. The highest BCUT2D eigenvalue weighted by Crippen LogP contribution is 2.33. The number of carbonyl (C=O) groups excluding carboxylic acids is 2. The Morgan fingerprint density at radius 2 is 2.03 bits per heavy atom. The van der Waals surface area contributed by atoms with Crippen LogP contribution in [0, 0.1) is 0 Å². The molecular formula is C20H18Cl2N4O3S. The normalized spacial score (nSPS) is 18.2. The summed E-state index contributed by atoms with van der Waals surface area (Å²) < 4.78 is 5.11. The summed E-state index contributed by atoms with van der Waals surface area (Å²) in [6.07, 6.45) is 0.0453. The highest BCUT2D eigenvalue weighted by molar-refractivity contribution is 8.15. The van der Waals surface area contributed by atoms with Crippen molar-refractivity contribution in [3.63, 3.8) is 0 Å². The topological polar surface area (TPSA) is 74.2 Å². The van der Waals surface area contributed by atoms with Gasteiger partial charge in [-0.2, -0.15) is 0 Å². The highest BCUT2D eigenvalue weighted by atomic mass is 35.5. The van der Waals surface area contributed by atoms with E-state index in [-0.39, 0.29) is 18.2 Å². The molecule has 2 aliphatic rings. The third-order valence-corrected chi connectivity index (χ3v) is 6.47. The molecule has 4 rings (SSSR count). The average Bonchev–Trinajstić information content (AvgIpc) is 3.03. The summed E-state index contributed by atoms with van der Waals surface area (Å²) in [5.41, 5.74) is 1.47. The van der Waals surface area contributed by atoms with Crippen LogP contribution in [0.1, 0.15) is 6.42 Å². The lowest BCUT2D eigenvalue weighted by molar-refractivity contribution is -0.128. The molecule has 0 bridgehead atoms. The number of anilines is 2. The van der Waals surface area contributed by atoms with Gasteiger partial charge in [-0.05, 0) is 42.5 Å². The van der Waals surface area contributed by atoms with Gasteiger partial charge < -0.3 is 15.0 Å². The fraction of sp³-hybridized carbons (Fsp3) is 0.250. The molecule has 2 aromatic rings. The maximum atomic E-state index is 12.9. The van der Waals surface area contributed by atoms with Gasteiger partial charge in [0.15, 0.2) is 5.17 Å². The molecule has 2 aromatic carbocycles. The summed E-state index contributed by atoms with van der Waals surface area (Å²) in [6, 6.07) is 12.4. The van der Waals surface area contributed by atoms with Gasteiger partial charge in [-0.25, -0.2) is 4.99 Å². The standard InChI is InChI=1S/C20H18Cl2N4O3S/c1-29-16-7-4-13(8-15(16)22)24-18(27)9-17-19(28)26-11-25(10-23-20(26)30-17)14-5-2-12(21)3-6-14/h2-8,17H,9-11H2,1H3,(H,24,27)/t17-/m1/s1. The van der Waals surface area contributed by atoms with Gasteiger partial charge in [-0.3, -0.25) is 14.5 Å². The summed E-state index contributed by atoms with van der Waals surface area (Å²) >= 11 is 13.4. The minimum absolute atomic E-state index is 0.0453. The first-order valence-corrected chi connectivity index (χ1v) is 10.7. The van der Waals surface area contributed by atoms with Crippen LogP contribution in [0.25, 0.3) is 0 Å². The molecule has 30 heavy (non-hydrogen) atoms. The van der Waals surface area contributed by atoms with E-state index in [2.05, 4.69) is 10.3 Å². The van der Waals surface area contributed by atoms with Gasteiger partial charge in [0, 0.05) is 22.8 Å². The maximum absolute atomic E-state index is 12.9. The summed E-state index contributed by atoms with van der Waals surface area (Å²) in [7, 11) is 1.52. The van der Waals surface area contributed by atoms with Crippen molar-refractivity contribution in [2.75, 3.05) is 30.7 Å². The zero-order valence-electron chi connectivity index (χ0n) is 16.0. The lowest BCUT2D eigenvalue weighted by atomic mass is 10.2. The van der Waals surface area contributed by atoms with Crippen molar-refractivity contribution in [2.24, 2.45) is 4.99 Å². The number of halogens is 2. The molecule has 1 atom stereocenters. The van der Waals surface area contributed by atoms with Crippen molar-refractivity contribution < 1.29 is 14.3 Å². The molecule has 1 N–H and O–H groups in total. The van der Waals surface area contributed by atoms with Gasteiger partial charge in [0.2, 0.25) is 11.8 Å². The number of thioether (sulfide) groups is 1. The van der Waals surface area contributed by atoms with Crippen molar-refractivity contribution >= 4 is 63.3 Å². The van der Waals surface area contributed by atoms with E-state index in [1.54, 1.807) is 35.2 Å². The molecule has 1 saturated heterocycles. The Hall–Kier alpha value is -2.42. The Morgan fingerprint density at radius 1 is 1.27 bits per heavy atom. The quantitative estimate of drug-likeness (QED) is 0.721. The second-order valence-corrected chi connectivity index (χ2v) is 8.73. The van der Waals surface area contributed by atoms with Crippen molar-refractivity contribution in [1.82, 2.24) is 4.90 Å². The van der Waals surface area contributed by atoms with Crippen LogP contribution in [0.5, 0.6) is 5.75 Å². The number of rotatable bonds is 5. The molecule has 2 aliphatic heterocycles. The number of hydrogen-bond donors (Lipinski definition) is 1. The van der Waals surface area contributed by atoms with E-state index in [0.29, 0.717) is 40.0 Å². The van der Waals surface area contributed by atoms with E-state index >= 15 is 0 Å². The number of hydrogen-bond acceptors (Lipinski definition) is 6. The van der Waals surface area contributed by atoms with Crippen molar-refractivity contribution in [3.05, 3.63) is 52.5 Å². The Morgan fingerprint density at radius 3 is 2.73 bits per heavy atom. The minimum Gasteiger partial charge on any atom is -0.495 e. The second-order valence-electron chi connectivity index (χ2n) is 6.71. The van der Waals surface area contributed by atoms with Gasteiger partial charge in [0.25, 0.3) is 0 Å². The lowest BCUT2D eigenvalue weighted by Crippen LogP contribution is -2.46. The van der Waals surface area contributed by atoms with Gasteiger partial charge in [0.1, 0.15) is 24.3 Å². The van der Waals surface area contributed by atoms with Crippen molar-refractivity contribution in [2.45, 2.75) is 11.7 Å². The average molecular weight is 465 g/mol. The molecule has 7 nitrogen and oxygen atoms in total. The van der Waals surface area contributed by atoms with E-state index in [1.807, 2.05) is 17.0 Å². The number of nitrogens with one attached hydrogen (secondary N) is 1. The SMILES string of the molecule is COc1ccc(NC(=O)C[C@H]2SC3=NCN(c4ccc(Cl)cc4)CN3C2=O)cc1Cl. The van der Waals surface area contributed by atoms with E-state index in [0.717, 1.165) is 5.69 Å². The number of carbonyl (C=O) groups is 2. The Bertz CT molecular complexity index is 1020. The van der Waals surface area contributed by atoms with Crippen LogP contribution in [0.2, 0.25) is 10.0 Å². The third-order valence-electron chi connectivity index (χ3n) is 4.71. The largest absolute Gasteiger partial charge is 0.495 e. The maximum Gasteiger partial charge on any atom is 0.244 e. The lowest BCUT2D eigenvalue weighted by Gasteiger charge is -2.32. The molecule has 0 saturated carbocycles. The van der Waals surface area contributed by atoms with Crippen LogP contribution in [0.4, 0.5) is 11.4 Å². The van der Waals surface area contributed by atoms with Gasteiger partial charge in [-0.15, -0.1) is 0 Å². The summed E-state index contributed by atoms with van der Waals surface area (Å²) in [4.78, 5) is 33.4. The predicted octanol–water partition coefficient (Wildman–Crippen LogP) is 4.07. The first-order chi connectivity index (χ1) is 14.4. The molecule has 0 aliphatic carbocycles. The number of amidine groups is 1. The first-order valence-electron chi connectivity index (χ1n) is 9.11. The number of aliphatic imine (C=N–C) groups is 1. The Kier molecular flexibility index (Phi) is 6.08. The van der Waals surface area contributed by atoms with E-state index in [9.17, 15) is 9.59 Å². The smallest absolute Gasteiger partial charge is 0.244 e. The van der Waals surface area contributed by atoms with Crippen molar-refractivity contribution in [3.8, 4) is 5.75 Å². The zero-order valence-corrected chi connectivity index (χ0v) is 18.3. The monoisotopic (exact) mass is 464 g/mol. The van der Waals surface area contributed by atoms with Crippen LogP contribution in [-0.2, 0) is 9.59 Å². The van der Waals surface area contributed by atoms with Gasteiger partial charge in [-0.1, -0.05) is 35.0 Å². The van der Waals surface area contributed by atoms with E-state index in [4.69, 9.17) is 27.9 Å². The molecule has 1 fully saturated rings. The van der Waals surface area contributed by atoms with E-state index < -0.39 is 5.25 Å². The van der Waals surface area contributed by atoms with Crippen LogP contribution < -0.4 is 15.0 Å². The van der Waals surface area contributed by atoms with Gasteiger partial charge in [0.05, 0.1) is 12.1 Å². The molecule has 156 valence electrons. The molecule has 0 radical (unpaired) electrons. The number of benzene rings is 2. The molecule has 0 spiro atoms. The third kappa shape index (κ3) is 4.35. The number of methoxy groups -OCH3 is 1. The van der Waals surface area contributed by atoms with E-state index in [1.165, 1.54) is 18.9 Å². The number of amides is 2. The van der Waals surface area contributed by atoms with Gasteiger partial charge >= 0.3 is 0 Å². The minimum atomic E-state index is -0.511. The molecule has 2 heterocycles. The molecule has 0 aromatic heterocycles.